The SMILES string of the molecule is COc1ccc(COC(=O)[C@H](CC(=O)OC(C)(C)C)ON)cc1. The standard InChI is InChI=1S/C16H23NO6/c1-16(2,3)22-14(18)9-13(23-17)15(19)21-10-11-5-7-12(20-4)8-6-11/h5-8,13H,9-10,17H2,1-4H3/t13-/m0/s1. The van der Waals surface area contributed by atoms with Gasteiger partial charge in [0, 0.05) is 0 Å². The lowest BCUT2D eigenvalue weighted by Gasteiger charge is -2.21. The molecule has 0 aliphatic heterocycles. The van der Waals surface area contributed by atoms with Gasteiger partial charge in [0.15, 0.2) is 6.10 Å². The Hall–Kier alpha value is -2.12. The van der Waals surface area contributed by atoms with Crippen molar-refractivity contribution in [2.24, 2.45) is 5.90 Å². The first-order valence-electron chi connectivity index (χ1n) is 7.12. The van der Waals surface area contributed by atoms with Crippen molar-refractivity contribution in [1.29, 1.82) is 0 Å². The van der Waals surface area contributed by atoms with Crippen LogP contribution in [0.2, 0.25) is 0 Å². The number of nitrogens with two attached hydrogens (primary N) is 1. The van der Waals surface area contributed by atoms with Crippen LogP contribution in [0.5, 0.6) is 5.75 Å². The van der Waals surface area contributed by atoms with Crippen LogP contribution in [0.15, 0.2) is 24.3 Å². The number of hydrogen-bond donors (Lipinski definition) is 1. The van der Waals surface area contributed by atoms with Crippen LogP contribution in [0.4, 0.5) is 0 Å². The third kappa shape index (κ3) is 7.12. The van der Waals surface area contributed by atoms with Gasteiger partial charge in [-0.05, 0) is 38.5 Å². The third-order valence-electron chi connectivity index (χ3n) is 2.74. The molecule has 2 N–H and O–H groups in total. The molecule has 0 radical (unpaired) electrons. The summed E-state index contributed by atoms with van der Waals surface area (Å²) in [6, 6.07) is 7.03. The van der Waals surface area contributed by atoms with Crippen LogP contribution in [0.3, 0.4) is 0 Å². The van der Waals surface area contributed by atoms with Crippen LogP contribution in [0.1, 0.15) is 32.8 Å². The molecule has 0 unspecified atom stereocenters. The van der Waals surface area contributed by atoms with E-state index in [4.69, 9.17) is 20.1 Å². The molecule has 7 heteroatoms. The maximum atomic E-state index is 11.9. The lowest BCUT2D eigenvalue weighted by Crippen LogP contribution is -2.34. The predicted octanol–water partition coefficient (Wildman–Crippen LogP) is 1.73. The van der Waals surface area contributed by atoms with E-state index in [2.05, 4.69) is 4.84 Å². The molecule has 0 bridgehead atoms. The highest BCUT2D eigenvalue weighted by molar-refractivity contribution is 5.82. The quantitative estimate of drug-likeness (QED) is 0.602. The van der Waals surface area contributed by atoms with Crippen LogP contribution in [0.25, 0.3) is 0 Å². The van der Waals surface area contributed by atoms with E-state index in [-0.39, 0.29) is 13.0 Å². The Morgan fingerprint density at radius 3 is 2.26 bits per heavy atom. The molecule has 7 nitrogen and oxygen atoms in total. The molecule has 1 aromatic carbocycles. The van der Waals surface area contributed by atoms with Crippen molar-refractivity contribution in [2.75, 3.05) is 7.11 Å². The molecule has 0 saturated carbocycles. The van der Waals surface area contributed by atoms with Crippen LogP contribution in [-0.2, 0) is 30.5 Å². The summed E-state index contributed by atoms with van der Waals surface area (Å²) < 4.78 is 15.2. The van der Waals surface area contributed by atoms with Crippen molar-refractivity contribution in [3.05, 3.63) is 29.8 Å². The smallest absolute Gasteiger partial charge is 0.338 e. The monoisotopic (exact) mass is 325 g/mol. The number of benzene rings is 1. The average molecular weight is 325 g/mol. The van der Waals surface area contributed by atoms with Gasteiger partial charge >= 0.3 is 11.9 Å². The molecule has 0 fully saturated rings. The highest BCUT2D eigenvalue weighted by atomic mass is 16.7. The summed E-state index contributed by atoms with van der Waals surface area (Å²) in [5.74, 6) is 4.45. The Morgan fingerprint density at radius 2 is 1.78 bits per heavy atom. The molecule has 0 spiro atoms. The number of ether oxygens (including phenoxy) is 3. The van der Waals surface area contributed by atoms with E-state index in [0.717, 1.165) is 5.56 Å². The van der Waals surface area contributed by atoms with Crippen LogP contribution in [0, 0.1) is 0 Å². The van der Waals surface area contributed by atoms with E-state index in [1.807, 2.05) is 0 Å². The third-order valence-corrected chi connectivity index (χ3v) is 2.74. The second-order valence-corrected chi connectivity index (χ2v) is 5.87. The minimum atomic E-state index is -1.21. The largest absolute Gasteiger partial charge is 0.497 e. The van der Waals surface area contributed by atoms with Crippen molar-refractivity contribution in [1.82, 2.24) is 0 Å². The van der Waals surface area contributed by atoms with Gasteiger partial charge in [0.2, 0.25) is 0 Å². The van der Waals surface area contributed by atoms with Gasteiger partial charge in [0.05, 0.1) is 13.5 Å². The van der Waals surface area contributed by atoms with Gasteiger partial charge in [-0.3, -0.25) is 9.63 Å². The van der Waals surface area contributed by atoms with Gasteiger partial charge in [-0.1, -0.05) is 12.1 Å². The van der Waals surface area contributed by atoms with Crippen LogP contribution in [-0.4, -0.2) is 30.8 Å². The van der Waals surface area contributed by atoms with E-state index in [1.165, 1.54) is 0 Å². The van der Waals surface area contributed by atoms with Gasteiger partial charge in [-0.2, -0.15) is 0 Å². The molecular formula is C16H23NO6. The summed E-state index contributed by atoms with van der Waals surface area (Å²) in [4.78, 5) is 28.1. The molecule has 0 aliphatic carbocycles. The minimum Gasteiger partial charge on any atom is -0.497 e. The zero-order valence-electron chi connectivity index (χ0n) is 13.8. The fourth-order valence-corrected chi connectivity index (χ4v) is 1.69. The summed E-state index contributed by atoms with van der Waals surface area (Å²) in [5, 5.41) is 0. The summed E-state index contributed by atoms with van der Waals surface area (Å²) >= 11 is 0. The lowest BCUT2D eigenvalue weighted by atomic mass is 10.2. The van der Waals surface area contributed by atoms with Gasteiger partial charge in [0.1, 0.15) is 18.0 Å². The highest BCUT2D eigenvalue weighted by Gasteiger charge is 2.27. The van der Waals surface area contributed by atoms with Crippen LogP contribution < -0.4 is 10.6 Å². The van der Waals surface area contributed by atoms with Gasteiger partial charge in [-0.15, -0.1) is 0 Å². The highest BCUT2D eigenvalue weighted by Crippen LogP contribution is 2.14. The molecule has 23 heavy (non-hydrogen) atoms. The first-order valence-corrected chi connectivity index (χ1v) is 7.12. The summed E-state index contributed by atoms with van der Waals surface area (Å²) in [7, 11) is 1.56. The van der Waals surface area contributed by atoms with Gasteiger partial charge in [-0.25, -0.2) is 10.7 Å². The maximum absolute atomic E-state index is 11.9. The first kappa shape index (κ1) is 18.9. The first-order chi connectivity index (χ1) is 10.7. The van der Waals surface area contributed by atoms with Crippen molar-refractivity contribution < 1.29 is 28.6 Å². The van der Waals surface area contributed by atoms with Crippen molar-refractivity contribution in [3.63, 3.8) is 0 Å². The van der Waals surface area contributed by atoms with E-state index in [9.17, 15) is 9.59 Å². The number of carbonyl (C=O) groups excluding carboxylic acids is 2. The molecule has 1 aromatic rings. The van der Waals surface area contributed by atoms with Crippen molar-refractivity contribution in [2.45, 2.75) is 45.5 Å². The van der Waals surface area contributed by atoms with Crippen LogP contribution >= 0.6 is 0 Å². The molecule has 0 aromatic heterocycles. The summed E-state index contributed by atoms with van der Waals surface area (Å²) in [5.41, 5.74) is 0.121. The summed E-state index contributed by atoms with van der Waals surface area (Å²) in [6.07, 6.45) is -1.52. The van der Waals surface area contributed by atoms with E-state index in [0.29, 0.717) is 5.75 Å². The van der Waals surface area contributed by atoms with E-state index in [1.54, 1.807) is 52.1 Å². The fourth-order valence-electron chi connectivity index (χ4n) is 1.69. The molecule has 0 aliphatic rings. The lowest BCUT2D eigenvalue weighted by molar-refractivity contribution is -0.169. The molecular weight excluding hydrogens is 302 g/mol. The normalized spacial score (nSPS) is 12.4. The Bertz CT molecular complexity index is 520. The Labute approximate surface area is 135 Å². The maximum Gasteiger partial charge on any atom is 0.338 e. The number of rotatable bonds is 7. The number of esters is 2. The molecule has 128 valence electrons. The number of hydrogen-bond acceptors (Lipinski definition) is 7. The van der Waals surface area contributed by atoms with Crippen molar-refractivity contribution >= 4 is 11.9 Å². The zero-order chi connectivity index (χ0) is 17.5. The average Bonchev–Trinajstić information content (AvgIpc) is 2.49. The van der Waals surface area contributed by atoms with E-state index < -0.39 is 23.6 Å². The van der Waals surface area contributed by atoms with Gasteiger partial charge in [0.25, 0.3) is 0 Å². The summed E-state index contributed by atoms with van der Waals surface area (Å²) in [6.45, 7) is 5.22. The Balaban J connectivity index is 2.51. The second-order valence-electron chi connectivity index (χ2n) is 5.87. The predicted molar refractivity (Wildman–Crippen MR) is 82.3 cm³/mol. The second kappa shape index (κ2) is 8.50. The molecule has 1 rings (SSSR count). The molecule has 0 saturated heterocycles. The van der Waals surface area contributed by atoms with Gasteiger partial charge < -0.3 is 14.2 Å². The Kier molecular flexibility index (Phi) is 6.99. The Morgan fingerprint density at radius 1 is 1.17 bits per heavy atom. The fraction of sp³-hybridized carbons (Fsp3) is 0.500. The molecule has 0 amide bonds. The minimum absolute atomic E-state index is 0.0387. The molecule has 0 heterocycles. The topological polar surface area (TPSA) is 97.1 Å². The number of carbonyl (C=O) groups is 2. The van der Waals surface area contributed by atoms with E-state index >= 15 is 0 Å². The molecule has 1 atom stereocenters. The number of methoxy groups -OCH3 is 1. The zero-order valence-corrected chi connectivity index (χ0v) is 13.8. The van der Waals surface area contributed by atoms with Crippen molar-refractivity contribution in [3.8, 4) is 5.75 Å².